The summed E-state index contributed by atoms with van der Waals surface area (Å²) in [6, 6.07) is 2.69. The van der Waals surface area contributed by atoms with Crippen LogP contribution < -0.4 is 10.5 Å². The van der Waals surface area contributed by atoms with E-state index in [0.29, 0.717) is 18.5 Å². The third-order valence-corrected chi connectivity index (χ3v) is 2.43. The van der Waals surface area contributed by atoms with Crippen molar-refractivity contribution in [3.8, 4) is 5.75 Å². The molecule has 1 rings (SSSR count). The second-order valence-corrected chi connectivity index (χ2v) is 3.49. The van der Waals surface area contributed by atoms with Crippen molar-refractivity contribution in [3.63, 3.8) is 0 Å². The molecule has 0 amide bonds. The van der Waals surface area contributed by atoms with Crippen LogP contribution in [-0.4, -0.2) is 18.8 Å². The molecule has 0 saturated carbocycles. The molecule has 0 aliphatic carbocycles. The zero-order valence-corrected chi connectivity index (χ0v) is 9.09. The molecule has 0 spiro atoms. The van der Waals surface area contributed by atoms with Crippen LogP contribution in [0.25, 0.3) is 0 Å². The number of rotatable bonds is 4. The fourth-order valence-corrected chi connectivity index (χ4v) is 1.44. The standard InChI is InChI=1S/C10H13ClFNO2/c1-15-9-5-6(8(14)2-3-13)4-7(12)10(9)11/h4-5,8,14H,2-3,13H2,1H3. The molecule has 84 valence electrons. The molecule has 1 unspecified atom stereocenters. The van der Waals surface area contributed by atoms with Crippen molar-refractivity contribution in [2.24, 2.45) is 5.73 Å². The zero-order valence-electron chi connectivity index (χ0n) is 8.34. The molecule has 1 atom stereocenters. The number of hydrogen-bond acceptors (Lipinski definition) is 3. The predicted octanol–water partition coefficient (Wildman–Crippen LogP) is 1.87. The molecular formula is C10H13ClFNO2. The smallest absolute Gasteiger partial charge is 0.145 e. The Morgan fingerprint density at radius 2 is 2.27 bits per heavy atom. The van der Waals surface area contributed by atoms with Crippen LogP contribution in [0.5, 0.6) is 5.75 Å². The first-order valence-corrected chi connectivity index (χ1v) is 4.89. The summed E-state index contributed by atoms with van der Waals surface area (Å²) in [5.74, 6) is -0.398. The van der Waals surface area contributed by atoms with Gasteiger partial charge < -0.3 is 15.6 Å². The Labute approximate surface area is 92.6 Å². The van der Waals surface area contributed by atoms with Gasteiger partial charge in [-0.25, -0.2) is 4.39 Å². The molecule has 3 N–H and O–H groups in total. The first-order chi connectivity index (χ1) is 7.10. The fourth-order valence-electron chi connectivity index (χ4n) is 1.25. The van der Waals surface area contributed by atoms with E-state index in [1.54, 1.807) is 0 Å². The summed E-state index contributed by atoms with van der Waals surface area (Å²) >= 11 is 5.64. The lowest BCUT2D eigenvalue weighted by molar-refractivity contribution is 0.169. The van der Waals surface area contributed by atoms with Gasteiger partial charge in [-0.3, -0.25) is 0 Å². The highest BCUT2D eigenvalue weighted by Crippen LogP contribution is 2.31. The third kappa shape index (κ3) is 2.81. The van der Waals surface area contributed by atoms with E-state index in [2.05, 4.69) is 0 Å². The summed E-state index contributed by atoms with van der Waals surface area (Å²) in [5.41, 5.74) is 5.71. The Morgan fingerprint density at radius 3 is 2.80 bits per heavy atom. The minimum absolute atomic E-state index is 0.0822. The average Bonchev–Trinajstić information content (AvgIpc) is 2.22. The SMILES string of the molecule is COc1cc(C(O)CCN)cc(F)c1Cl. The fraction of sp³-hybridized carbons (Fsp3) is 0.400. The van der Waals surface area contributed by atoms with Crippen molar-refractivity contribution in [1.29, 1.82) is 0 Å². The van der Waals surface area contributed by atoms with E-state index in [4.69, 9.17) is 22.1 Å². The van der Waals surface area contributed by atoms with Gasteiger partial charge in [-0.05, 0) is 30.7 Å². The first kappa shape index (κ1) is 12.2. The molecule has 0 aromatic heterocycles. The lowest BCUT2D eigenvalue weighted by Crippen LogP contribution is -2.07. The lowest BCUT2D eigenvalue weighted by atomic mass is 10.1. The molecule has 5 heteroatoms. The number of methoxy groups -OCH3 is 1. The zero-order chi connectivity index (χ0) is 11.4. The topological polar surface area (TPSA) is 55.5 Å². The van der Waals surface area contributed by atoms with Gasteiger partial charge in [0, 0.05) is 0 Å². The Kier molecular flexibility index (Phi) is 4.32. The molecule has 0 bridgehead atoms. The van der Waals surface area contributed by atoms with Crippen LogP contribution in [0.15, 0.2) is 12.1 Å². The lowest BCUT2D eigenvalue weighted by Gasteiger charge is -2.12. The molecule has 0 heterocycles. The van der Waals surface area contributed by atoms with Crippen LogP contribution >= 0.6 is 11.6 Å². The highest BCUT2D eigenvalue weighted by Gasteiger charge is 2.14. The highest BCUT2D eigenvalue weighted by molar-refractivity contribution is 6.32. The normalized spacial score (nSPS) is 12.6. The average molecular weight is 234 g/mol. The number of nitrogens with two attached hydrogens (primary N) is 1. The summed E-state index contributed by atoms with van der Waals surface area (Å²) in [6.45, 7) is 0.327. The van der Waals surface area contributed by atoms with E-state index in [-0.39, 0.29) is 10.8 Å². The van der Waals surface area contributed by atoms with E-state index in [1.165, 1.54) is 19.2 Å². The summed E-state index contributed by atoms with van der Waals surface area (Å²) in [5, 5.41) is 9.53. The Morgan fingerprint density at radius 1 is 1.60 bits per heavy atom. The van der Waals surface area contributed by atoms with Gasteiger partial charge in [0.1, 0.15) is 16.6 Å². The minimum atomic E-state index is -0.796. The maximum Gasteiger partial charge on any atom is 0.145 e. The largest absolute Gasteiger partial charge is 0.495 e. The quantitative estimate of drug-likeness (QED) is 0.835. The predicted molar refractivity (Wildman–Crippen MR) is 56.6 cm³/mol. The monoisotopic (exact) mass is 233 g/mol. The maximum atomic E-state index is 13.3. The number of hydrogen-bond donors (Lipinski definition) is 2. The van der Waals surface area contributed by atoms with Gasteiger partial charge in [0.25, 0.3) is 0 Å². The van der Waals surface area contributed by atoms with Gasteiger partial charge in [-0.1, -0.05) is 11.6 Å². The molecule has 0 fully saturated rings. The van der Waals surface area contributed by atoms with Crippen LogP contribution in [-0.2, 0) is 0 Å². The number of aliphatic hydroxyl groups excluding tert-OH is 1. The second-order valence-electron chi connectivity index (χ2n) is 3.11. The maximum absolute atomic E-state index is 13.3. The van der Waals surface area contributed by atoms with E-state index in [9.17, 15) is 9.50 Å². The number of ether oxygens (including phenoxy) is 1. The molecular weight excluding hydrogens is 221 g/mol. The second kappa shape index (κ2) is 5.30. The highest BCUT2D eigenvalue weighted by atomic mass is 35.5. The van der Waals surface area contributed by atoms with E-state index >= 15 is 0 Å². The summed E-state index contributed by atoms with van der Waals surface area (Å²) in [4.78, 5) is 0. The Balaban J connectivity index is 3.05. The van der Waals surface area contributed by atoms with Crippen LogP contribution in [0.3, 0.4) is 0 Å². The van der Waals surface area contributed by atoms with Crippen molar-refractivity contribution in [1.82, 2.24) is 0 Å². The van der Waals surface area contributed by atoms with Gasteiger partial charge in [-0.15, -0.1) is 0 Å². The van der Waals surface area contributed by atoms with E-state index in [1.807, 2.05) is 0 Å². The molecule has 0 saturated heterocycles. The van der Waals surface area contributed by atoms with Gasteiger partial charge in [0.2, 0.25) is 0 Å². The van der Waals surface area contributed by atoms with Gasteiger partial charge in [0.05, 0.1) is 13.2 Å². The third-order valence-electron chi connectivity index (χ3n) is 2.06. The van der Waals surface area contributed by atoms with Gasteiger partial charge in [-0.2, -0.15) is 0 Å². The van der Waals surface area contributed by atoms with Crippen LogP contribution in [0.1, 0.15) is 18.1 Å². The van der Waals surface area contributed by atoms with Gasteiger partial charge >= 0.3 is 0 Å². The van der Waals surface area contributed by atoms with Crippen molar-refractivity contribution < 1.29 is 14.2 Å². The first-order valence-electron chi connectivity index (χ1n) is 4.51. The Bertz CT molecular complexity index is 346. The number of aliphatic hydroxyl groups is 1. The Hall–Kier alpha value is -0.840. The van der Waals surface area contributed by atoms with Crippen molar-refractivity contribution >= 4 is 11.6 Å². The van der Waals surface area contributed by atoms with Crippen LogP contribution in [0, 0.1) is 5.82 Å². The van der Waals surface area contributed by atoms with Crippen molar-refractivity contribution in [3.05, 3.63) is 28.5 Å². The molecule has 1 aromatic rings. The number of benzene rings is 1. The molecule has 0 aliphatic heterocycles. The van der Waals surface area contributed by atoms with Crippen LogP contribution in [0.2, 0.25) is 5.02 Å². The summed E-state index contributed by atoms with van der Waals surface area (Å²) in [7, 11) is 1.39. The van der Waals surface area contributed by atoms with Gasteiger partial charge in [0.15, 0.2) is 0 Å². The molecule has 0 aliphatic rings. The minimum Gasteiger partial charge on any atom is -0.495 e. The van der Waals surface area contributed by atoms with E-state index in [0.717, 1.165) is 0 Å². The summed E-state index contributed by atoms with van der Waals surface area (Å²) in [6.07, 6.45) is -0.430. The number of halogens is 2. The summed E-state index contributed by atoms with van der Waals surface area (Å²) < 4.78 is 18.2. The molecule has 1 aromatic carbocycles. The molecule has 0 radical (unpaired) electrons. The van der Waals surface area contributed by atoms with Crippen LogP contribution in [0.4, 0.5) is 4.39 Å². The molecule has 15 heavy (non-hydrogen) atoms. The molecule has 3 nitrogen and oxygen atoms in total. The van der Waals surface area contributed by atoms with Crippen molar-refractivity contribution in [2.45, 2.75) is 12.5 Å². The van der Waals surface area contributed by atoms with Crippen molar-refractivity contribution in [2.75, 3.05) is 13.7 Å². The van der Waals surface area contributed by atoms with E-state index < -0.39 is 11.9 Å².